The highest BCUT2D eigenvalue weighted by Crippen LogP contribution is 2.18. The monoisotopic (exact) mass is 207 g/mol. The standard InChI is InChI=1S/C9H9N3OS/c10-12-11-8(6-13)7-14-9-4-2-1-3-5-9/h1-6,8H,7H2. The zero-order valence-electron chi connectivity index (χ0n) is 7.41. The zero-order valence-corrected chi connectivity index (χ0v) is 8.22. The molecule has 0 amide bonds. The van der Waals surface area contributed by atoms with Gasteiger partial charge in [-0.3, -0.25) is 0 Å². The van der Waals surface area contributed by atoms with Crippen molar-refractivity contribution in [3.05, 3.63) is 40.8 Å². The van der Waals surface area contributed by atoms with Crippen LogP contribution in [-0.2, 0) is 4.79 Å². The minimum atomic E-state index is -0.579. The number of azide groups is 1. The Hall–Kier alpha value is -1.45. The van der Waals surface area contributed by atoms with Gasteiger partial charge < -0.3 is 4.79 Å². The van der Waals surface area contributed by atoms with Gasteiger partial charge in [-0.05, 0) is 17.7 Å². The van der Waals surface area contributed by atoms with Crippen molar-refractivity contribution in [2.75, 3.05) is 5.75 Å². The molecule has 1 atom stereocenters. The molecule has 1 unspecified atom stereocenters. The molecule has 0 aliphatic heterocycles. The molecule has 0 saturated heterocycles. The van der Waals surface area contributed by atoms with E-state index in [1.807, 2.05) is 30.3 Å². The molecule has 72 valence electrons. The Morgan fingerprint density at radius 1 is 1.50 bits per heavy atom. The molecule has 0 aliphatic rings. The van der Waals surface area contributed by atoms with Gasteiger partial charge >= 0.3 is 0 Å². The summed E-state index contributed by atoms with van der Waals surface area (Å²) in [6.07, 6.45) is 0.662. The Morgan fingerprint density at radius 2 is 2.21 bits per heavy atom. The second-order valence-corrected chi connectivity index (χ2v) is 3.63. The topological polar surface area (TPSA) is 65.8 Å². The first-order valence-electron chi connectivity index (χ1n) is 4.04. The summed E-state index contributed by atoms with van der Waals surface area (Å²) in [5.41, 5.74) is 8.16. The third kappa shape index (κ3) is 3.51. The second kappa shape index (κ2) is 6.07. The SMILES string of the molecule is [N-]=[N+]=NC(C=O)CSc1ccccc1. The fourth-order valence-corrected chi connectivity index (χ4v) is 1.72. The fraction of sp³-hybridized carbons (Fsp3) is 0.222. The number of nitrogens with zero attached hydrogens (tertiary/aromatic N) is 3. The summed E-state index contributed by atoms with van der Waals surface area (Å²) in [5, 5.41) is 3.35. The Balaban J connectivity index is 2.47. The first-order chi connectivity index (χ1) is 6.86. The number of rotatable bonds is 5. The molecule has 0 saturated carbocycles. The molecule has 5 heteroatoms. The van der Waals surface area contributed by atoms with Crippen molar-refractivity contribution in [2.24, 2.45) is 5.11 Å². The van der Waals surface area contributed by atoms with Crippen molar-refractivity contribution in [2.45, 2.75) is 10.9 Å². The van der Waals surface area contributed by atoms with Crippen molar-refractivity contribution in [1.29, 1.82) is 0 Å². The summed E-state index contributed by atoms with van der Waals surface area (Å²) in [6, 6.07) is 9.09. The van der Waals surface area contributed by atoms with E-state index in [9.17, 15) is 4.79 Å². The van der Waals surface area contributed by atoms with Crippen LogP contribution in [0, 0.1) is 0 Å². The molecule has 0 aliphatic carbocycles. The Kier molecular flexibility index (Phi) is 4.61. The van der Waals surface area contributed by atoms with E-state index in [2.05, 4.69) is 10.0 Å². The number of carbonyl (C=O) groups excluding carboxylic acids is 1. The van der Waals surface area contributed by atoms with Crippen molar-refractivity contribution < 1.29 is 4.79 Å². The van der Waals surface area contributed by atoms with E-state index in [4.69, 9.17) is 5.53 Å². The van der Waals surface area contributed by atoms with Crippen LogP contribution in [-0.4, -0.2) is 18.1 Å². The maximum atomic E-state index is 10.4. The first kappa shape index (κ1) is 10.6. The minimum absolute atomic E-state index is 0.484. The average Bonchev–Trinajstić information content (AvgIpc) is 2.25. The van der Waals surface area contributed by atoms with Crippen LogP contribution in [0.15, 0.2) is 40.3 Å². The lowest BCUT2D eigenvalue weighted by atomic mass is 10.4. The van der Waals surface area contributed by atoms with Gasteiger partial charge in [0.25, 0.3) is 0 Å². The molecule has 1 aromatic rings. The zero-order chi connectivity index (χ0) is 10.2. The summed E-state index contributed by atoms with van der Waals surface area (Å²) in [4.78, 5) is 14.1. The molecule has 14 heavy (non-hydrogen) atoms. The summed E-state index contributed by atoms with van der Waals surface area (Å²) < 4.78 is 0. The van der Waals surface area contributed by atoms with Gasteiger partial charge in [-0.25, -0.2) is 0 Å². The number of aldehydes is 1. The van der Waals surface area contributed by atoms with Crippen molar-refractivity contribution in [1.82, 2.24) is 0 Å². The van der Waals surface area contributed by atoms with Crippen LogP contribution >= 0.6 is 11.8 Å². The van der Waals surface area contributed by atoms with Gasteiger partial charge in [0, 0.05) is 15.6 Å². The summed E-state index contributed by atoms with van der Waals surface area (Å²) in [7, 11) is 0. The van der Waals surface area contributed by atoms with Crippen LogP contribution in [0.25, 0.3) is 10.4 Å². The second-order valence-electron chi connectivity index (χ2n) is 2.53. The van der Waals surface area contributed by atoms with Gasteiger partial charge in [0.2, 0.25) is 0 Å². The molecule has 0 radical (unpaired) electrons. The Bertz CT molecular complexity index is 335. The average molecular weight is 207 g/mol. The van der Waals surface area contributed by atoms with E-state index >= 15 is 0 Å². The first-order valence-corrected chi connectivity index (χ1v) is 5.02. The third-order valence-electron chi connectivity index (χ3n) is 1.52. The number of thioether (sulfide) groups is 1. The molecule has 1 aromatic carbocycles. The molecule has 0 heterocycles. The highest BCUT2D eigenvalue weighted by atomic mass is 32.2. The summed E-state index contributed by atoms with van der Waals surface area (Å²) in [5.74, 6) is 0.484. The number of hydrogen-bond donors (Lipinski definition) is 0. The third-order valence-corrected chi connectivity index (χ3v) is 2.63. The molecule has 0 aromatic heterocycles. The van der Waals surface area contributed by atoms with Crippen molar-refractivity contribution in [3.63, 3.8) is 0 Å². The van der Waals surface area contributed by atoms with Gasteiger partial charge in [-0.15, -0.1) is 11.8 Å². The predicted molar refractivity (Wildman–Crippen MR) is 56.2 cm³/mol. The molecule has 0 N–H and O–H groups in total. The molecular formula is C9H9N3OS. The maximum absolute atomic E-state index is 10.4. The molecule has 0 spiro atoms. The molecule has 4 nitrogen and oxygen atoms in total. The van der Waals surface area contributed by atoms with E-state index in [0.29, 0.717) is 12.0 Å². The van der Waals surface area contributed by atoms with Crippen LogP contribution in [0.5, 0.6) is 0 Å². The molecule has 1 rings (SSSR count). The fourth-order valence-electron chi connectivity index (χ4n) is 0.864. The molecule has 0 fully saturated rings. The summed E-state index contributed by atoms with van der Waals surface area (Å²) >= 11 is 1.50. The van der Waals surface area contributed by atoms with Crippen LogP contribution in [0.4, 0.5) is 0 Å². The van der Waals surface area contributed by atoms with Crippen LogP contribution < -0.4 is 0 Å². The van der Waals surface area contributed by atoms with E-state index in [-0.39, 0.29) is 0 Å². The predicted octanol–water partition coefficient (Wildman–Crippen LogP) is 2.66. The number of hydrogen-bond acceptors (Lipinski definition) is 3. The summed E-state index contributed by atoms with van der Waals surface area (Å²) in [6.45, 7) is 0. The Labute approximate surface area is 85.9 Å². The molecule has 0 bridgehead atoms. The lowest BCUT2D eigenvalue weighted by Gasteiger charge is -2.02. The largest absolute Gasteiger partial charge is 0.303 e. The van der Waals surface area contributed by atoms with Crippen molar-refractivity contribution >= 4 is 18.0 Å². The van der Waals surface area contributed by atoms with Gasteiger partial charge in [-0.2, -0.15) is 0 Å². The van der Waals surface area contributed by atoms with Crippen molar-refractivity contribution in [3.8, 4) is 0 Å². The van der Waals surface area contributed by atoms with E-state index in [1.54, 1.807) is 0 Å². The van der Waals surface area contributed by atoms with Crippen LogP contribution in [0.3, 0.4) is 0 Å². The van der Waals surface area contributed by atoms with Crippen LogP contribution in [0.2, 0.25) is 0 Å². The highest BCUT2D eigenvalue weighted by Gasteiger charge is 2.04. The minimum Gasteiger partial charge on any atom is -0.303 e. The van der Waals surface area contributed by atoms with Gasteiger partial charge in [0.1, 0.15) is 12.3 Å². The van der Waals surface area contributed by atoms with E-state index in [0.717, 1.165) is 4.90 Å². The van der Waals surface area contributed by atoms with E-state index in [1.165, 1.54) is 11.8 Å². The normalized spacial score (nSPS) is 11.4. The lowest BCUT2D eigenvalue weighted by molar-refractivity contribution is -0.108. The van der Waals surface area contributed by atoms with Gasteiger partial charge in [-0.1, -0.05) is 23.3 Å². The molecular weight excluding hydrogens is 198 g/mol. The quantitative estimate of drug-likeness (QED) is 0.245. The number of carbonyl (C=O) groups is 1. The van der Waals surface area contributed by atoms with E-state index < -0.39 is 6.04 Å². The smallest absolute Gasteiger partial charge is 0.129 e. The maximum Gasteiger partial charge on any atom is 0.129 e. The number of benzene rings is 1. The van der Waals surface area contributed by atoms with Crippen LogP contribution in [0.1, 0.15) is 0 Å². The highest BCUT2D eigenvalue weighted by molar-refractivity contribution is 7.99. The van der Waals surface area contributed by atoms with Gasteiger partial charge in [0.15, 0.2) is 0 Å². The van der Waals surface area contributed by atoms with Gasteiger partial charge in [0.05, 0.1) is 0 Å². The lowest BCUT2D eigenvalue weighted by Crippen LogP contribution is -2.07. The Morgan fingerprint density at radius 3 is 2.79 bits per heavy atom.